The van der Waals surface area contributed by atoms with Crippen LogP contribution in [0.2, 0.25) is 5.02 Å². The van der Waals surface area contributed by atoms with Crippen molar-refractivity contribution in [1.29, 1.82) is 0 Å². The quantitative estimate of drug-likeness (QED) is 0.237. The van der Waals surface area contributed by atoms with Crippen LogP contribution in [0.4, 0.5) is 28.2 Å². The molecule has 0 unspecified atom stereocenters. The topological polar surface area (TPSA) is 108 Å². The zero-order valence-electron chi connectivity index (χ0n) is 20.9. The second-order valence-electron chi connectivity index (χ2n) is 9.22. The van der Waals surface area contributed by atoms with Crippen molar-refractivity contribution >= 4 is 34.5 Å². The van der Waals surface area contributed by atoms with Crippen LogP contribution in [0.5, 0.6) is 5.75 Å². The number of carbonyl (C=O) groups excluding carboxylic acids is 1. The third kappa shape index (κ3) is 6.53. The summed E-state index contributed by atoms with van der Waals surface area (Å²) in [7, 11) is 0. The molecular weight excluding hydrogens is 554 g/mol. The van der Waals surface area contributed by atoms with Gasteiger partial charge in [0.2, 0.25) is 0 Å². The molecule has 14 heteroatoms. The van der Waals surface area contributed by atoms with Crippen LogP contribution in [0.15, 0.2) is 48.9 Å². The molecule has 3 N–H and O–H groups in total. The van der Waals surface area contributed by atoms with E-state index >= 15 is 0 Å². The van der Waals surface area contributed by atoms with E-state index < -0.39 is 12.2 Å². The van der Waals surface area contributed by atoms with Gasteiger partial charge in [-0.3, -0.25) is 0 Å². The lowest BCUT2D eigenvalue weighted by Gasteiger charge is -2.36. The normalized spacial score (nSPS) is 15.7. The van der Waals surface area contributed by atoms with E-state index in [0.29, 0.717) is 40.1 Å². The van der Waals surface area contributed by atoms with E-state index in [-0.39, 0.29) is 42.6 Å². The van der Waals surface area contributed by atoms with Gasteiger partial charge in [0.05, 0.1) is 17.3 Å². The minimum Gasteiger partial charge on any atom is -0.406 e. The number of anilines is 1. The van der Waals surface area contributed by atoms with E-state index in [1.807, 2.05) is 0 Å². The monoisotopic (exact) mass is 577 g/mol. The van der Waals surface area contributed by atoms with E-state index in [0.717, 1.165) is 19.0 Å². The summed E-state index contributed by atoms with van der Waals surface area (Å²) in [5.74, 6) is -0.690. The number of rotatable bonds is 7. The first-order chi connectivity index (χ1) is 19.2. The molecule has 40 heavy (non-hydrogen) atoms. The van der Waals surface area contributed by atoms with Crippen LogP contribution in [0.25, 0.3) is 22.4 Å². The van der Waals surface area contributed by atoms with Crippen molar-refractivity contribution in [2.24, 2.45) is 0 Å². The summed E-state index contributed by atoms with van der Waals surface area (Å²) in [6.07, 6.45) is 1.92. The number of piperidine rings is 1. The van der Waals surface area contributed by atoms with Crippen LogP contribution in [-0.4, -0.2) is 56.4 Å². The van der Waals surface area contributed by atoms with Gasteiger partial charge in [-0.2, -0.15) is 0 Å². The highest BCUT2D eigenvalue weighted by molar-refractivity contribution is 6.31. The number of urea groups is 1. The summed E-state index contributed by atoms with van der Waals surface area (Å²) in [4.78, 5) is 30.4. The molecule has 4 heterocycles. The number of hydrogen-bond donors (Lipinski definition) is 3. The minimum atomic E-state index is -4.77. The maximum atomic E-state index is 14.6. The summed E-state index contributed by atoms with van der Waals surface area (Å²) in [5.41, 5.74) is 1.82. The summed E-state index contributed by atoms with van der Waals surface area (Å²) in [5, 5.41) is 6.96. The highest BCUT2D eigenvalue weighted by Gasteiger charge is 2.31. The maximum absolute atomic E-state index is 14.6. The van der Waals surface area contributed by atoms with E-state index in [4.69, 9.17) is 11.6 Å². The number of aromatic nitrogens is 4. The average molecular weight is 578 g/mol. The molecule has 1 fully saturated rings. The molecule has 0 saturated carbocycles. The summed E-state index contributed by atoms with van der Waals surface area (Å²) >= 11 is 6.08. The Hall–Kier alpha value is -4.13. The highest BCUT2D eigenvalue weighted by atomic mass is 35.5. The summed E-state index contributed by atoms with van der Waals surface area (Å²) in [6.45, 7) is 0.887. The smallest absolute Gasteiger partial charge is 0.406 e. The fourth-order valence-corrected chi connectivity index (χ4v) is 4.72. The van der Waals surface area contributed by atoms with Crippen LogP contribution in [0.3, 0.4) is 0 Å². The highest BCUT2D eigenvalue weighted by Crippen LogP contribution is 2.28. The van der Waals surface area contributed by atoms with Crippen LogP contribution < -0.4 is 15.4 Å². The first kappa shape index (κ1) is 27.4. The number of hydrogen-bond acceptors (Lipinski definition) is 6. The van der Waals surface area contributed by atoms with Gasteiger partial charge < -0.3 is 25.3 Å². The van der Waals surface area contributed by atoms with Crippen LogP contribution in [-0.2, 0) is 6.54 Å². The third-order valence-corrected chi connectivity index (χ3v) is 6.68. The molecule has 210 valence electrons. The van der Waals surface area contributed by atoms with Crippen molar-refractivity contribution in [3.8, 4) is 17.1 Å². The fraction of sp³-hybridized carbons (Fsp3) is 0.308. The zero-order valence-corrected chi connectivity index (χ0v) is 21.7. The van der Waals surface area contributed by atoms with Gasteiger partial charge in [0.15, 0.2) is 17.5 Å². The largest absolute Gasteiger partial charge is 0.573 e. The number of aromatic amines is 1. The maximum Gasteiger partial charge on any atom is 0.573 e. The Balaban J connectivity index is 1.22. The number of ether oxygens (including phenoxy) is 1. The number of likely N-dealkylation sites (tertiary alicyclic amines) is 1. The summed E-state index contributed by atoms with van der Waals surface area (Å²) in [6, 6.07) is 6.44. The number of H-pyrrole nitrogens is 1. The first-order valence-electron chi connectivity index (χ1n) is 12.4. The van der Waals surface area contributed by atoms with Crippen molar-refractivity contribution < 1.29 is 27.1 Å². The predicted molar refractivity (Wildman–Crippen MR) is 140 cm³/mol. The van der Waals surface area contributed by atoms with E-state index in [9.17, 15) is 22.4 Å². The van der Waals surface area contributed by atoms with Gasteiger partial charge in [-0.15, -0.1) is 13.2 Å². The van der Waals surface area contributed by atoms with Gasteiger partial charge in [-0.05, 0) is 43.0 Å². The Morgan fingerprint density at radius 2 is 1.98 bits per heavy atom. The van der Waals surface area contributed by atoms with E-state index in [1.165, 1.54) is 30.5 Å². The number of nitrogens with zero attached hydrogens (tertiary/aromatic N) is 4. The Morgan fingerprint density at radius 1 is 1.18 bits per heavy atom. The first-order valence-corrected chi connectivity index (χ1v) is 12.8. The predicted octanol–water partition coefficient (Wildman–Crippen LogP) is 5.89. The van der Waals surface area contributed by atoms with E-state index in [2.05, 4.69) is 35.3 Å². The molecule has 1 atom stereocenters. The number of benzene rings is 1. The lowest BCUT2D eigenvalue weighted by molar-refractivity contribution is -0.274. The zero-order chi connectivity index (χ0) is 28.3. The third-order valence-electron chi connectivity index (χ3n) is 6.48. The lowest BCUT2D eigenvalue weighted by Crippen LogP contribution is -2.51. The number of halogens is 5. The number of nitrogens with one attached hydrogen (secondary N) is 3. The average Bonchev–Trinajstić information content (AvgIpc) is 3.34. The Bertz CT molecular complexity index is 1500. The van der Waals surface area contributed by atoms with Gasteiger partial charge in [0, 0.05) is 43.0 Å². The van der Waals surface area contributed by atoms with Gasteiger partial charge in [-0.25, -0.2) is 24.1 Å². The molecule has 1 aliphatic heterocycles. The summed E-state index contributed by atoms with van der Waals surface area (Å²) < 4.78 is 55.6. The standard InChI is InChI=1S/C26H24ClF4N7O2/c27-16-9-19-20(13-34-22(19)32-11-16)23-35-14-21(28)24(37-23)33-12-17-3-1-2-8-38(17)25(39)36-10-15-4-6-18(7-5-15)40-26(29,30)31/h4-7,9,11,13-14,17H,1-3,8,10,12H2,(H,32,34)(H,36,39)(H,33,35,37)/t17-/m1/s1. The van der Waals surface area contributed by atoms with Gasteiger partial charge in [-0.1, -0.05) is 23.7 Å². The Labute approximate surface area is 230 Å². The molecule has 0 bridgehead atoms. The lowest BCUT2D eigenvalue weighted by atomic mass is 10.0. The number of amides is 2. The molecule has 0 radical (unpaired) electrons. The molecule has 0 spiro atoms. The minimum absolute atomic E-state index is 0.00133. The molecule has 5 rings (SSSR count). The number of pyridine rings is 1. The van der Waals surface area contributed by atoms with Crippen molar-refractivity contribution in [3.05, 3.63) is 65.3 Å². The fourth-order valence-electron chi connectivity index (χ4n) is 4.57. The second-order valence-corrected chi connectivity index (χ2v) is 9.65. The van der Waals surface area contributed by atoms with Crippen LogP contribution in [0, 0.1) is 5.82 Å². The van der Waals surface area contributed by atoms with Crippen LogP contribution in [0.1, 0.15) is 24.8 Å². The van der Waals surface area contributed by atoms with E-state index in [1.54, 1.807) is 17.2 Å². The number of carbonyl (C=O) groups is 1. The number of alkyl halides is 3. The molecule has 1 saturated heterocycles. The molecule has 9 nitrogen and oxygen atoms in total. The van der Waals surface area contributed by atoms with Crippen LogP contribution >= 0.6 is 11.6 Å². The molecule has 4 aromatic rings. The Kier molecular flexibility index (Phi) is 7.92. The van der Waals surface area contributed by atoms with Gasteiger partial charge in [0.25, 0.3) is 0 Å². The van der Waals surface area contributed by atoms with Crippen molar-refractivity contribution in [3.63, 3.8) is 0 Å². The van der Waals surface area contributed by atoms with Gasteiger partial charge in [0.1, 0.15) is 11.4 Å². The molecule has 2 amide bonds. The molecular formula is C26H24ClF4N7O2. The second kappa shape index (κ2) is 11.5. The van der Waals surface area contributed by atoms with Crippen molar-refractivity contribution in [2.75, 3.05) is 18.4 Å². The van der Waals surface area contributed by atoms with Crippen molar-refractivity contribution in [2.45, 2.75) is 38.2 Å². The number of fused-ring (bicyclic) bond motifs is 1. The van der Waals surface area contributed by atoms with Crippen molar-refractivity contribution in [1.82, 2.24) is 30.2 Å². The SMILES string of the molecule is O=C(NCc1ccc(OC(F)(F)F)cc1)N1CCCC[C@@H]1CNc1nc(-c2c[nH]c3ncc(Cl)cc23)ncc1F. The molecule has 0 aliphatic carbocycles. The molecule has 1 aliphatic rings. The molecule has 1 aromatic carbocycles. The van der Waals surface area contributed by atoms with Gasteiger partial charge >= 0.3 is 12.4 Å². The Morgan fingerprint density at radius 3 is 2.75 bits per heavy atom. The molecule has 3 aromatic heterocycles.